The fraction of sp³-hybridized carbons (Fsp3) is 0.765. The standard InChI is InChI=1S/C17H30N4O/c1-12(2)11-21-14(4)16(13(3)20-21)9-17(22)19-8-6-15-5-7-18-10-15/h12,15,18H,5-11H2,1-4H3,(H,19,22). The highest BCUT2D eigenvalue weighted by molar-refractivity contribution is 5.79. The Hall–Kier alpha value is -1.36. The first-order valence-electron chi connectivity index (χ1n) is 8.47. The van der Waals surface area contributed by atoms with Crippen molar-refractivity contribution in [2.45, 2.75) is 53.5 Å². The summed E-state index contributed by atoms with van der Waals surface area (Å²) in [6.07, 6.45) is 2.75. The van der Waals surface area contributed by atoms with Gasteiger partial charge in [0.2, 0.25) is 5.91 Å². The van der Waals surface area contributed by atoms with Gasteiger partial charge in [-0.05, 0) is 51.6 Å². The fourth-order valence-electron chi connectivity index (χ4n) is 3.11. The highest BCUT2D eigenvalue weighted by Crippen LogP contribution is 2.15. The van der Waals surface area contributed by atoms with Gasteiger partial charge in [0.25, 0.3) is 0 Å². The summed E-state index contributed by atoms with van der Waals surface area (Å²) in [7, 11) is 0. The first-order chi connectivity index (χ1) is 10.5. The summed E-state index contributed by atoms with van der Waals surface area (Å²) in [4.78, 5) is 12.2. The van der Waals surface area contributed by atoms with Crippen LogP contribution in [-0.4, -0.2) is 35.3 Å². The monoisotopic (exact) mass is 306 g/mol. The van der Waals surface area contributed by atoms with Gasteiger partial charge in [-0.1, -0.05) is 13.8 Å². The van der Waals surface area contributed by atoms with Crippen LogP contribution in [0.25, 0.3) is 0 Å². The molecule has 1 fully saturated rings. The zero-order chi connectivity index (χ0) is 16.1. The Kier molecular flexibility index (Phi) is 6.00. The van der Waals surface area contributed by atoms with Gasteiger partial charge in [-0.15, -0.1) is 0 Å². The molecular weight excluding hydrogens is 276 g/mol. The minimum absolute atomic E-state index is 0.112. The van der Waals surface area contributed by atoms with Crippen molar-refractivity contribution in [2.24, 2.45) is 11.8 Å². The zero-order valence-corrected chi connectivity index (χ0v) is 14.4. The summed E-state index contributed by atoms with van der Waals surface area (Å²) in [6, 6.07) is 0. The number of nitrogens with zero attached hydrogens (tertiary/aromatic N) is 2. The molecule has 0 radical (unpaired) electrons. The van der Waals surface area contributed by atoms with Crippen molar-refractivity contribution in [1.82, 2.24) is 20.4 Å². The van der Waals surface area contributed by atoms with Crippen LogP contribution in [0.5, 0.6) is 0 Å². The molecule has 1 aliphatic heterocycles. The topological polar surface area (TPSA) is 59.0 Å². The molecule has 0 bridgehead atoms. The molecule has 1 unspecified atom stereocenters. The van der Waals surface area contributed by atoms with Crippen molar-refractivity contribution >= 4 is 5.91 Å². The van der Waals surface area contributed by atoms with Crippen molar-refractivity contribution < 1.29 is 4.79 Å². The predicted molar refractivity (Wildman–Crippen MR) is 88.8 cm³/mol. The van der Waals surface area contributed by atoms with E-state index in [4.69, 9.17) is 0 Å². The van der Waals surface area contributed by atoms with Gasteiger partial charge < -0.3 is 10.6 Å². The summed E-state index contributed by atoms with van der Waals surface area (Å²) < 4.78 is 2.03. The van der Waals surface area contributed by atoms with Crippen molar-refractivity contribution in [3.63, 3.8) is 0 Å². The van der Waals surface area contributed by atoms with E-state index in [1.54, 1.807) is 0 Å². The van der Waals surface area contributed by atoms with E-state index in [1.807, 2.05) is 11.6 Å². The quantitative estimate of drug-likeness (QED) is 0.808. The van der Waals surface area contributed by atoms with Gasteiger partial charge in [0, 0.05) is 24.3 Å². The van der Waals surface area contributed by atoms with Crippen LogP contribution in [0.3, 0.4) is 0 Å². The molecule has 1 aromatic rings. The van der Waals surface area contributed by atoms with Crippen LogP contribution >= 0.6 is 0 Å². The van der Waals surface area contributed by atoms with E-state index in [1.165, 1.54) is 6.42 Å². The Balaban J connectivity index is 1.84. The Labute approximate surface area is 133 Å². The highest BCUT2D eigenvalue weighted by Gasteiger charge is 2.17. The molecule has 5 nitrogen and oxygen atoms in total. The van der Waals surface area contributed by atoms with Crippen LogP contribution in [-0.2, 0) is 17.8 Å². The van der Waals surface area contributed by atoms with Crippen LogP contribution in [0.15, 0.2) is 0 Å². The second-order valence-corrected chi connectivity index (χ2v) is 6.90. The van der Waals surface area contributed by atoms with Gasteiger partial charge in [0.15, 0.2) is 0 Å². The second-order valence-electron chi connectivity index (χ2n) is 6.90. The fourth-order valence-corrected chi connectivity index (χ4v) is 3.11. The van der Waals surface area contributed by atoms with E-state index in [9.17, 15) is 4.79 Å². The lowest BCUT2D eigenvalue weighted by Gasteiger charge is -2.10. The summed E-state index contributed by atoms with van der Waals surface area (Å²) >= 11 is 0. The minimum atomic E-state index is 0.112. The lowest BCUT2D eigenvalue weighted by atomic mass is 10.1. The minimum Gasteiger partial charge on any atom is -0.356 e. The van der Waals surface area contributed by atoms with E-state index in [0.29, 0.717) is 12.3 Å². The maximum absolute atomic E-state index is 12.2. The van der Waals surface area contributed by atoms with E-state index in [-0.39, 0.29) is 5.91 Å². The first kappa shape index (κ1) is 17.0. The number of amides is 1. The van der Waals surface area contributed by atoms with E-state index < -0.39 is 0 Å². The molecule has 0 spiro atoms. The molecule has 2 N–H and O–H groups in total. The predicted octanol–water partition coefficient (Wildman–Crippen LogP) is 1.81. The molecule has 5 heteroatoms. The van der Waals surface area contributed by atoms with Gasteiger partial charge in [-0.3, -0.25) is 9.48 Å². The molecule has 1 atom stereocenters. The summed E-state index contributed by atoms with van der Waals surface area (Å²) in [5.74, 6) is 1.39. The smallest absolute Gasteiger partial charge is 0.224 e. The van der Waals surface area contributed by atoms with Gasteiger partial charge in [0.1, 0.15) is 0 Å². The number of nitrogens with one attached hydrogen (secondary N) is 2. The highest BCUT2D eigenvalue weighted by atomic mass is 16.1. The Morgan fingerprint density at radius 3 is 2.86 bits per heavy atom. The summed E-state index contributed by atoms with van der Waals surface area (Å²) in [5.41, 5.74) is 3.19. The number of rotatable bonds is 7. The van der Waals surface area contributed by atoms with Crippen LogP contribution in [0, 0.1) is 25.7 Å². The van der Waals surface area contributed by atoms with Crippen molar-refractivity contribution in [2.75, 3.05) is 19.6 Å². The van der Waals surface area contributed by atoms with Gasteiger partial charge in [-0.2, -0.15) is 5.10 Å². The van der Waals surface area contributed by atoms with Crippen LogP contribution < -0.4 is 10.6 Å². The third-order valence-corrected chi connectivity index (χ3v) is 4.44. The number of carbonyl (C=O) groups is 1. The molecule has 1 amide bonds. The molecule has 1 aliphatic rings. The largest absolute Gasteiger partial charge is 0.356 e. The molecular formula is C17H30N4O. The van der Waals surface area contributed by atoms with E-state index in [0.717, 1.165) is 55.5 Å². The molecule has 0 saturated carbocycles. The second kappa shape index (κ2) is 7.77. The average Bonchev–Trinajstić information content (AvgIpc) is 3.03. The molecule has 1 saturated heterocycles. The van der Waals surface area contributed by atoms with Crippen molar-refractivity contribution in [3.05, 3.63) is 17.0 Å². The summed E-state index contributed by atoms with van der Waals surface area (Å²) in [6.45, 7) is 12.3. The maximum Gasteiger partial charge on any atom is 0.224 e. The van der Waals surface area contributed by atoms with E-state index >= 15 is 0 Å². The van der Waals surface area contributed by atoms with Crippen molar-refractivity contribution in [1.29, 1.82) is 0 Å². The van der Waals surface area contributed by atoms with E-state index in [2.05, 4.69) is 36.5 Å². The molecule has 0 aromatic carbocycles. The van der Waals surface area contributed by atoms with Crippen LogP contribution in [0.4, 0.5) is 0 Å². The molecule has 22 heavy (non-hydrogen) atoms. The number of hydrogen-bond donors (Lipinski definition) is 2. The van der Waals surface area contributed by atoms with Gasteiger partial charge in [-0.25, -0.2) is 0 Å². The lowest BCUT2D eigenvalue weighted by molar-refractivity contribution is -0.120. The molecule has 2 heterocycles. The van der Waals surface area contributed by atoms with Crippen molar-refractivity contribution in [3.8, 4) is 0 Å². The van der Waals surface area contributed by atoms with Gasteiger partial charge >= 0.3 is 0 Å². The van der Waals surface area contributed by atoms with Crippen LogP contribution in [0.2, 0.25) is 0 Å². The zero-order valence-electron chi connectivity index (χ0n) is 14.4. The summed E-state index contributed by atoms with van der Waals surface area (Å²) in [5, 5.41) is 11.0. The SMILES string of the molecule is Cc1nn(CC(C)C)c(C)c1CC(=O)NCCC1CCNC1. The number of aryl methyl sites for hydroxylation is 1. The third kappa shape index (κ3) is 4.57. The molecule has 124 valence electrons. The average molecular weight is 306 g/mol. The Morgan fingerprint density at radius 2 is 2.23 bits per heavy atom. The Morgan fingerprint density at radius 1 is 1.45 bits per heavy atom. The number of carbonyl (C=O) groups excluding carboxylic acids is 1. The maximum atomic E-state index is 12.2. The third-order valence-electron chi connectivity index (χ3n) is 4.44. The first-order valence-corrected chi connectivity index (χ1v) is 8.47. The molecule has 1 aromatic heterocycles. The normalized spacial score (nSPS) is 18.1. The van der Waals surface area contributed by atoms with Crippen LogP contribution in [0.1, 0.15) is 43.6 Å². The molecule has 0 aliphatic carbocycles. The number of hydrogen-bond acceptors (Lipinski definition) is 3. The Bertz CT molecular complexity index is 501. The number of aromatic nitrogens is 2. The lowest BCUT2D eigenvalue weighted by Crippen LogP contribution is -2.28. The molecule has 2 rings (SSSR count). The van der Waals surface area contributed by atoms with Gasteiger partial charge in [0.05, 0.1) is 12.1 Å².